The molecule has 0 aliphatic heterocycles. The molecule has 106 valence electrons. The number of aromatic nitrogens is 2. The summed E-state index contributed by atoms with van der Waals surface area (Å²) in [5.41, 5.74) is 1.11. The van der Waals surface area contributed by atoms with Crippen molar-refractivity contribution in [3.05, 3.63) is 47.7 Å². The summed E-state index contributed by atoms with van der Waals surface area (Å²) in [5, 5.41) is 16.4. The van der Waals surface area contributed by atoms with Crippen LogP contribution in [0.4, 0.5) is 0 Å². The molecular formula is C14H16N2O4. The van der Waals surface area contributed by atoms with E-state index in [-0.39, 0.29) is 25.0 Å². The number of aliphatic carboxylic acids is 1. The maximum Gasteiger partial charge on any atom is 0.329 e. The van der Waals surface area contributed by atoms with Crippen LogP contribution in [0.15, 0.2) is 34.7 Å². The highest BCUT2D eigenvalue weighted by Crippen LogP contribution is 2.26. The predicted octanol–water partition coefficient (Wildman–Crippen LogP) is 2.21. The monoisotopic (exact) mass is 276 g/mol. The number of carboxylic acid groups (broad SMARTS) is 1. The van der Waals surface area contributed by atoms with Crippen molar-refractivity contribution in [1.82, 2.24) is 10.2 Å². The van der Waals surface area contributed by atoms with Crippen molar-refractivity contribution in [2.24, 2.45) is 0 Å². The van der Waals surface area contributed by atoms with Gasteiger partial charge >= 0.3 is 5.97 Å². The van der Waals surface area contributed by atoms with Gasteiger partial charge in [-0.1, -0.05) is 37.3 Å². The van der Waals surface area contributed by atoms with Gasteiger partial charge in [-0.25, -0.2) is 4.79 Å². The molecule has 1 atom stereocenters. The number of ether oxygens (including phenoxy) is 1. The minimum Gasteiger partial charge on any atom is -0.480 e. The fourth-order valence-corrected chi connectivity index (χ4v) is 1.93. The van der Waals surface area contributed by atoms with Crippen molar-refractivity contribution in [3.8, 4) is 0 Å². The van der Waals surface area contributed by atoms with Gasteiger partial charge in [0.1, 0.15) is 13.2 Å². The Balaban J connectivity index is 2.05. The summed E-state index contributed by atoms with van der Waals surface area (Å²) < 4.78 is 10.5. The molecule has 0 spiro atoms. The molecule has 1 N–H and O–H groups in total. The summed E-state index contributed by atoms with van der Waals surface area (Å²) >= 11 is 0. The lowest BCUT2D eigenvalue weighted by Gasteiger charge is -2.10. The van der Waals surface area contributed by atoms with Crippen molar-refractivity contribution < 1.29 is 19.1 Å². The van der Waals surface area contributed by atoms with Crippen LogP contribution in [-0.4, -0.2) is 27.9 Å². The van der Waals surface area contributed by atoms with Crippen molar-refractivity contribution in [2.75, 3.05) is 6.61 Å². The molecule has 1 unspecified atom stereocenters. The maximum atomic E-state index is 10.3. The number of carboxylic acids is 1. The summed E-state index contributed by atoms with van der Waals surface area (Å²) in [6, 6.07) is 9.91. The lowest BCUT2D eigenvalue weighted by atomic mass is 9.97. The fraction of sp³-hybridized carbons (Fsp3) is 0.357. The third kappa shape index (κ3) is 3.64. The van der Waals surface area contributed by atoms with Gasteiger partial charge in [0.2, 0.25) is 11.8 Å². The average Bonchev–Trinajstić information content (AvgIpc) is 2.89. The van der Waals surface area contributed by atoms with Gasteiger partial charge in [0.15, 0.2) is 0 Å². The second kappa shape index (κ2) is 6.81. The maximum absolute atomic E-state index is 10.3. The Kier molecular flexibility index (Phi) is 4.84. The number of carbonyl (C=O) groups is 1. The zero-order valence-electron chi connectivity index (χ0n) is 11.2. The first kappa shape index (κ1) is 14.2. The van der Waals surface area contributed by atoms with E-state index in [2.05, 4.69) is 10.2 Å². The molecule has 0 amide bonds. The highest BCUT2D eigenvalue weighted by atomic mass is 16.5. The van der Waals surface area contributed by atoms with Crippen LogP contribution in [0.5, 0.6) is 0 Å². The molecule has 1 aromatic heterocycles. The zero-order valence-corrected chi connectivity index (χ0v) is 11.2. The predicted molar refractivity (Wildman–Crippen MR) is 70.2 cm³/mol. The van der Waals surface area contributed by atoms with E-state index < -0.39 is 5.97 Å². The first-order valence-electron chi connectivity index (χ1n) is 6.37. The Morgan fingerprint density at radius 3 is 2.75 bits per heavy atom. The highest BCUT2D eigenvalue weighted by molar-refractivity contribution is 5.67. The van der Waals surface area contributed by atoms with Crippen LogP contribution in [0.25, 0.3) is 0 Å². The molecule has 2 rings (SSSR count). The quantitative estimate of drug-likeness (QED) is 0.834. The first-order chi connectivity index (χ1) is 9.70. The first-order valence-corrected chi connectivity index (χ1v) is 6.37. The SMILES string of the molecule is CCC(c1ccccc1)c1nnc(COCC(=O)O)o1. The molecule has 0 bridgehead atoms. The Labute approximate surface area is 116 Å². The van der Waals surface area contributed by atoms with E-state index in [4.69, 9.17) is 14.3 Å². The third-order valence-corrected chi connectivity index (χ3v) is 2.84. The Hall–Kier alpha value is -2.21. The molecule has 6 heteroatoms. The molecule has 0 saturated heterocycles. The second-order valence-electron chi connectivity index (χ2n) is 4.29. The van der Waals surface area contributed by atoms with E-state index in [1.807, 2.05) is 37.3 Å². The molecule has 0 aliphatic rings. The fourth-order valence-electron chi connectivity index (χ4n) is 1.93. The lowest BCUT2D eigenvalue weighted by molar-refractivity contribution is -0.142. The normalized spacial score (nSPS) is 12.2. The smallest absolute Gasteiger partial charge is 0.329 e. The molecule has 0 saturated carbocycles. The van der Waals surface area contributed by atoms with Crippen molar-refractivity contribution >= 4 is 5.97 Å². The number of hydrogen-bond acceptors (Lipinski definition) is 5. The van der Waals surface area contributed by atoms with Gasteiger partial charge in [-0.05, 0) is 12.0 Å². The van der Waals surface area contributed by atoms with E-state index in [1.54, 1.807) is 0 Å². The van der Waals surface area contributed by atoms with Crippen LogP contribution in [0.2, 0.25) is 0 Å². The van der Waals surface area contributed by atoms with Gasteiger partial charge in [0, 0.05) is 0 Å². The summed E-state index contributed by atoms with van der Waals surface area (Å²) in [6.45, 7) is 1.67. The Morgan fingerprint density at radius 1 is 1.35 bits per heavy atom. The number of rotatable bonds is 7. The van der Waals surface area contributed by atoms with Gasteiger partial charge < -0.3 is 14.3 Å². The Morgan fingerprint density at radius 2 is 2.10 bits per heavy atom. The average molecular weight is 276 g/mol. The molecule has 0 aliphatic carbocycles. The topological polar surface area (TPSA) is 85.5 Å². The third-order valence-electron chi connectivity index (χ3n) is 2.84. The summed E-state index contributed by atoms with van der Waals surface area (Å²) in [6.07, 6.45) is 0.835. The zero-order chi connectivity index (χ0) is 14.4. The van der Waals surface area contributed by atoms with E-state index in [0.717, 1.165) is 12.0 Å². The summed E-state index contributed by atoms with van der Waals surface area (Å²) in [5.74, 6) is -0.180. The molecule has 0 fully saturated rings. The van der Waals surface area contributed by atoms with E-state index in [1.165, 1.54) is 0 Å². The molecule has 6 nitrogen and oxygen atoms in total. The van der Waals surface area contributed by atoms with Gasteiger partial charge in [-0.3, -0.25) is 0 Å². The van der Waals surface area contributed by atoms with Gasteiger partial charge in [0.05, 0.1) is 5.92 Å². The Bertz CT molecular complexity index is 553. The highest BCUT2D eigenvalue weighted by Gasteiger charge is 2.18. The van der Waals surface area contributed by atoms with E-state index in [0.29, 0.717) is 5.89 Å². The molecule has 0 radical (unpaired) electrons. The summed E-state index contributed by atoms with van der Waals surface area (Å²) in [4.78, 5) is 10.3. The van der Waals surface area contributed by atoms with E-state index >= 15 is 0 Å². The van der Waals surface area contributed by atoms with Gasteiger partial charge in [-0.2, -0.15) is 0 Å². The number of nitrogens with zero attached hydrogens (tertiary/aromatic N) is 2. The van der Waals surface area contributed by atoms with Crippen LogP contribution in [0, 0.1) is 0 Å². The largest absolute Gasteiger partial charge is 0.480 e. The molecule has 1 heterocycles. The minimum absolute atomic E-state index is 0.00449. The van der Waals surface area contributed by atoms with Crippen molar-refractivity contribution in [3.63, 3.8) is 0 Å². The van der Waals surface area contributed by atoms with E-state index in [9.17, 15) is 4.79 Å². The van der Waals surface area contributed by atoms with Gasteiger partial charge in [-0.15, -0.1) is 10.2 Å². The summed E-state index contributed by atoms with van der Waals surface area (Å²) in [7, 11) is 0. The van der Waals surface area contributed by atoms with Crippen LogP contribution in [0.1, 0.15) is 36.6 Å². The van der Waals surface area contributed by atoms with Crippen LogP contribution in [-0.2, 0) is 16.1 Å². The molecule has 1 aromatic carbocycles. The second-order valence-corrected chi connectivity index (χ2v) is 4.29. The molecule has 2 aromatic rings. The standard InChI is InChI=1S/C14H16N2O4/c1-2-11(10-6-4-3-5-7-10)14-16-15-12(20-14)8-19-9-13(17)18/h3-7,11H,2,8-9H2,1H3,(H,17,18). The molecular weight excluding hydrogens is 260 g/mol. The molecule has 20 heavy (non-hydrogen) atoms. The van der Waals surface area contributed by atoms with Crippen LogP contribution >= 0.6 is 0 Å². The number of hydrogen-bond donors (Lipinski definition) is 1. The van der Waals surface area contributed by atoms with Crippen LogP contribution < -0.4 is 0 Å². The number of benzene rings is 1. The van der Waals surface area contributed by atoms with Crippen LogP contribution in [0.3, 0.4) is 0 Å². The lowest BCUT2D eigenvalue weighted by Crippen LogP contribution is -2.06. The van der Waals surface area contributed by atoms with Gasteiger partial charge in [0.25, 0.3) is 0 Å². The minimum atomic E-state index is -1.03. The van der Waals surface area contributed by atoms with Crippen molar-refractivity contribution in [2.45, 2.75) is 25.9 Å². The van der Waals surface area contributed by atoms with Crippen molar-refractivity contribution in [1.29, 1.82) is 0 Å².